The van der Waals surface area contributed by atoms with Gasteiger partial charge in [0.25, 0.3) is 15.9 Å². The Hall–Kier alpha value is -3.56. The summed E-state index contributed by atoms with van der Waals surface area (Å²) < 4.78 is 32.4. The van der Waals surface area contributed by atoms with Gasteiger partial charge in [0.1, 0.15) is 6.54 Å². The van der Waals surface area contributed by atoms with E-state index in [0.29, 0.717) is 5.56 Å². The van der Waals surface area contributed by atoms with Crippen molar-refractivity contribution in [3.8, 4) is 11.5 Å². The first-order valence-corrected chi connectivity index (χ1v) is 11.2. The van der Waals surface area contributed by atoms with Crippen LogP contribution in [0.5, 0.6) is 11.5 Å². The van der Waals surface area contributed by atoms with Gasteiger partial charge in [0, 0.05) is 5.56 Å². The van der Waals surface area contributed by atoms with Gasteiger partial charge in [-0.05, 0) is 36.4 Å². The Bertz CT molecular complexity index is 1230. The van der Waals surface area contributed by atoms with Crippen LogP contribution in [0.1, 0.15) is 5.56 Å². The van der Waals surface area contributed by atoms with E-state index >= 15 is 0 Å². The number of rotatable bonds is 8. The van der Waals surface area contributed by atoms with Crippen LogP contribution < -0.4 is 14.5 Å². The summed E-state index contributed by atoms with van der Waals surface area (Å²) in [6.07, 6.45) is 1.22. The maximum absolute atomic E-state index is 13.2. The largest absolute Gasteiger partial charge is 0.504 e. The number of halogens is 1. The second kappa shape index (κ2) is 10.2. The molecule has 8 nitrogen and oxygen atoms in total. The molecule has 3 rings (SSSR count). The zero-order valence-electron chi connectivity index (χ0n) is 17.0. The number of ether oxygens (including phenoxy) is 1. The molecule has 0 aliphatic carbocycles. The van der Waals surface area contributed by atoms with Crippen molar-refractivity contribution in [2.24, 2.45) is 5.10 Å². The van der Waals surface area contributed by atoms with E-state index in [1.807, 2.05) is 0 Å². The lowest BCUT2D eigenvalue weighted by Gasteiger charge is -2.24. The second-order valence-corrected chi connectivity index (χ2v) is 8.74. The van der Waals surface area contributed by atoms with Gasteiger partial charge in [-0.3, -0.25) is 9.10 Å². The van der Waals surface area contributed by atoms with Crippen molar-refractivity contribution in [2.45, 2.75) is 4.90 Å². The van der Waals surface area contributed by atoms with Crippen molar-refractivity contribution in [3.63, 3.8) is 0 Å². The van der Waals surface area contributed by atoms with E-state index in [2.05, 4.69) is 10.5 Å². The minimum Gasteiger partial charge on any atom is -0.504 e. The molecule has 0 bridgehead atoms. The zero-order valence-corrected chi connectivity index (χ0v) is 18.5. The smallest absolute Gasteiger partial charge is 0.264 e. The molecule has 3 aromatic carbocycles. The maximum atomic E-state index is 13.2. The molecular formula is C22H20ClN3O5S. The number of hydrazone groups is 1. The number of phenols is 1. The molecule has 0 unspecified atom stereocenters. The molecule has 0 aliphatic rings. The van der Waals surface area contributed by atoms with Crippen LogP contribution in [-0.4, -0.2) is 39.3 Å². The summed E-state index contributed by atoms with van der Waals surface area (Å²) in [5, 5.41) is 14.1. The number of nitrogens with zero attached hydrogens (tertiary/aromatic N) is 2. The van der Waals surface area contributed by atoms with E-state index in [0.717, 1.165) is 4.31 Å². The molecule has 0 fully saturated rings. The predicted octanol–water partition coefficient (Wildman–Crippen LogP) is 3.40. The predicted molar refractivity (Wildman–Crippen MR) is 123 cm³/mol. The molecule has 3 aromatic rings. The average molecular weight is 474 g/mol. The van der Waals surface area contributed by atoms with Gasteiger partial charge in [0.2, 0.25) is 0 Å². The number of hydrogen-bond donors (Lipinski definition) is 2. The number of carbonyl (C=O) groups is 1. The van der Waals surface area contributed by atoms with Crippen molar-refractivity contribution in [2.75, 3.05) is 18.0 Å². The summed E-state index contributed by atoms with van der Waals surface area (Å²) in [7, 11) is -2.67. The van der Waals surface area contributed by atoms with E-state index in [-0.39, 0.29) is 27.1 Å². The van der Waals surface area contributed by atoms with Crippen LogP contribution in [-0.2, 0) is 14.8 Å². The minimum absolute atomic E-state index is 0.0116. The molecule has 0 spiro atoms. The molecule has 0 radical (unpaired) electrons. The summed E-state index contributed by atoms with van der Waals surface area (Å²) in [5.41, 5.74) is 2.73. The molecule has 10 heteroatoms. The fourth-order valence-electron chi connectivity index (χ4n) is 2.82. The van der Waals surface area contributed by atoms with Crippen molar-refractivity contribution in [1.29, 1.82) is 0 Å². The van der Waals surface area contributed by atoms with Gasteiger partial charge >= 0.3 is 0 Å². The highest BCUT2D eigenvalue weighted by Crippen LogP contribution is 2.30. The number of para-hydroxylation sites is 2. The number of aromatic hydroxyl groups is 1. The van der Waals surface area contributed by atoms with Crippen LogP contribution in [0.4, 0.5) is 5.69 Å². The SMILES string of the molecule is COc1cccc(/C=N\NC(=O)CN(c2ccccc2Cl)S(=O)(=O)c2ccccc2)c1O. The van der Waals surface area contributed by atoms with Crippen LogP contribution in [0, 0.1) is 0 Å². The monoisotopic (exact) mass is 473 g/mol. The normalized spacial score (nSPS) is 11.3. The third kappa shape index (κ3) is 5.19. The minimum atomic E-state index is -4.08. The Labute approximate surface area is 190 Å². The Morgan fingerprint density at radius 1 is 1.09 bits per heavy atom. The first-order chi connectivity index (χ1) is 15.3. The standard InChI is InChI=1S/C22H20ClN3O5S/c1-31-20-13-7-8-16(22(20)28)14-24-25-21(27)15-26(19-12-6-5-11-18(19)23)32(29,30)17-9-3-2-4-10-17/h2-14,28H,15H2,1H3,(H,25,27)/b24-14-. The number of benzene rings is 3. The summed E-state index contributed by atoms with van der Waals surface area (Å²) in [6.45, 7) is -0.567. The van der Waals surface area contributed by atoms with E-state index in [9.17, 15) is 18.3 Å². The molecule has 0 saturated heterocycles. The number of amides is 1. The molecule has 166 valence electrons. The van der Waals surface area contributed by atoms with E-state index in [1.54, 1.807) is 48.5 Å². The highest BCUT2D eigenvalue weighted by Gasteiger charge is 2.28. The molecule has 0 heterocycles. The van der Waals surface area contributed by atoms with E-state index in [1.165, 1.54) is 37.6 Å². The molecule has 0 aliphatic heterocycles. The Kier molecular flexibility index (Phi) is 7.34. The number of hydrogen-bond acceptors (Lipinski definition) is 6. The Balaban J connectivity index is 1.84. The average Bonchev–Trinajstić information content (AvgIpc) is 2.80. The number of carbonyl (C=O) groups excluding carboxylic acids is 1. The van der Waals surface area contributed by atoms with Crippen molar-refractivity contribution in [1.82, 2.24) is 5.43 Å². The van der Waals surface area contributed by atoms with Crippen molar-refractivity contribution < 1.29 is 23.1 Å². The van der Waals surface area contributed by atoms with Gasteiger partial charge in [0.05, 0.1) is 28.9 Å². The fourth-order valence-corrected chi connectivity index (χ4v) is 4.57. The Morgan fingerprint density at radius 3 is 2.47 bits per heavy atom. The molecule has 0 aromatic heterocycles. The first kappa shape index (κ1) is 23.1. The van der Waals surface area contributed by atoms with Crippen LogP contribution in [0.2, 0.25) is 5.02 Å². The number of nitrogens with one attached hydrogen (secondary N) is 1. The number of methoxy groups -OCH3 is 1. The van der Waals surface area contributed by atoms with Crippen LogP contribution in [0.15, 0.2) is 82.8 Å². The number of phenolic OH excluding ortho intramolecular Hbond substituents is 1. The quantitative estimate of drug-likeness (QED) is 0.385. The first-order valence-electron chi connectivity index (χ1n) is 9.35. The van der Waals surface area contributed by atoms with Crippen molar-refractivity contribution >= 4 is 39.4 Å². The molecule has 32 heavy (non-hydrogen) atoms. The topological polar surface area (TPSA) is 108 Å². The summed E-state index contributed by atoms with van der Waals surface area (Å²) in [4.78, 5) is 12.6. The van der Waals surface area contributed by atoms with Crippen LogP contribution >= 0.6 is 11.6 Å². The highest BCUT2D eigenvalue weighted by molar-refractivity contribution is 7.92. The lowest BCUT2D eigenvalue weighted by Crippen LogP contribution is -2.39. The third-order valence-electron chi connectivity index (χ3n) is 4.38. The fraction of sp³-hybridized carbons (Fsp3) is 0.0909. The zero-order chi connectivity index (χ0) is 23.1. The number of sulfonamides is 1. The molecule has 2 N–H and O–H groups in total. The molecule has 0 atom stereocenters. The molecule has 0 saturated carbocycles. The highest BCUT2D eigenvalue weighted by atomic mass is 35.5. The number of anilines is 1. The lowest BCUT2D eigenvalue weighted by molar-refractivity contribution is -0.119. The summed E-state index contributed by atoms with van der Waals surface area (Å²) in [6, 6.07) is 18.8. The maximum Gasteiger partial charge on any atom is 0.264 e. The summed E-state index contributed by atoms with van der Waals surface area (Å²) >= 11 is 6.22. The second-order valence-electron chi connectivity index (χ2n) is 6.47. The van der Waals surface area contributed by atoms with E-state index in [4.69, 9.17) is 16.3 Å². The van der Waals surface area contributed by atoms with Gasteiger partial charge in [-0.1, -0.05) is 48.0 Å². The van der Waals surface area contributed by atoms with Crippen molar-refractivity contribution in [3.05, 3.63) is 83.4 Å². The summed E-state index contributed by atoms with van der Waals surface area (Å²) in [5.74, 6) is -0.598. The van der Waals surface area contributed by atoms with Crippen LogP contribution in [0.25, 0.3) is 0 Å². The van der Waals surface area contributed by atoms with Gasteiger partial charge < -0.3 is 9.84 Å². The molecular weight excluding hydrogens is 454 g/mol. The third-order valence-corrected chi connectivity index (χ3v) is 6.48. The van der Waals surface area contributed by atoms with E-state index < -0.39 is 22.5 Å². The van der Waals surface area contributed by atoms with Gasteiger partial charge in [-0.2, -0.15) is 5.10 Å². The lowest BCUT2D eigenvalue weighted by atomic mass is 10.2. The van der Waals surface area contributed by atoms with Gasteiger partial charge in [-0.25, -0.2) is 13.8 Å². The molecule has 1 amide bonds. The van der Waals surface area contributed by atoms with Gasteiger partial charge in [-0.15, -0.1) is 0 Å². The van der Waals surface area contributed by atoms with Crippen LogP contribution in [0.3, 0.4) is 0 Å². The Morgan fingerprint density at radius 2 is 1.78 bits per heavy atom. The van der Waals surface area contributed by atoms with Gasteiger partial charge in [0.15, 0.2) is 11.5 Å².